The Morgan fingerprint density at radius 2 is 1.65 bits per heavy atom. The Kier molecular flexibility index (Phi) is 6.91. The number of ether oxygens (including phenoxy) is 1. The van der Waals surface area contributed by atoms with Crippen LogP contribution in [0.1, 0.15) is 5.56 Å². The van der Waals surface area contributed by atoms with Crippen molar-refractivity contribution in [3.63, 3.8) is 0 Å². The molecular formula is C19H21NO2S. The van der Waals surface area contributed by atoms with Gasteiger partial charge in [-0.15, -0.1) is 0 Å². The average molecular weight is 327 g/mol. The quantitative estimate of drug-likeness (QED) is 0.542. The summed E-state index contributed by atoms with van der Waals surface area (Å²) in [7, 11) is 3.81. The van der Waals surface area contributed by atoms with E-state index in [1.54, 1.807) is 0 Å². The first-order valence-corrected chi connectivity index (χ1v) is 8.23. The number of thioether (sulfide) groups is 1. The van der Waals surface area contributed by atoms with Crippen molar-refractivity contribution in [1.29, 1.82) is 0 Å². The number of nitrogens with zero attached hydrogens (tertiary/aromatic N) is 1. The minimum Gasteiger partial charge on any atom is -0.382 e. The third-order valence-corrected chi connectivity index (χ3v) is 4.03. The molecule has 0 saturated heterocycles. The smallest absolute Gasteiger partial charge is 0.196 e. The molecule has 0 atom stereocenters. The second kappa shape index (κ2) is 9.18. The predicted molar refractivity (Wildman–Crippen MR) is 95.2 cm³/mol. The zero-order valence-electron chi connectivity index (χ0n) is 13.4. The fraction of sp³-hybridized carbons (Fsp3) is 0.211. The number of carbonyl (C=O) groups is 1. The van der Waals surface area contributed by atoms with Gasteiger partial charge in [0.1, 0.15) is 6.61 Å². The highest BCUT2D eigenvalue weighted by Gasteiger charge is 2.12. The van der Waals surface area contributed by atoms with Crippen LogP contribution in [0.15, 0.2) is 76.7 Å². The summed E-state index contributed by atoms with van der Waals surface area (Å²) in [5.41, 5.74) is 1.06. The highest BCUT2D eigenvalue weighted by molar-refractivity contribution is 8.04. The zero-order valence-corrected chi connectivity index (χ0v) is 14.3. The van der Waals surface area contributed by atoms with Gasteiger partial charge in [-0.3, -0.25) is 4.79 Å². The maximum Gasteiger partial charge on any atom is 0.196 e. The molecule has 0 bridgehead atoms. The molecule has 0 spiro atoms. The van der Waals surface area contributed by atoms with Gasteiger partial charge in [0.2, 0.25) is 0 Å². The van der Waals surface area contributed by atoms with Gasteiger partial charge in [-0.25, -0.2) is 0 Å². The van der Waals surface area contributed by atoms with Gasteiger partial charge in [-0.1, -0.05) is 60.3 Å². The Hall–Kier alpha value is -2.04. The lowest BCUT2D eigenvalue weighted by Gasteiger charge is -2.11. The molecule has 2 aromatic carbocycles. The van der Waals surface area contributed by atoms with Crippen LogP contribution in [0.2, 0.25) is 0 Å². The highest BCUT2D eigenvalue weighted by atomic mass is 32.2. The maximum atomic E-state index is 12.4. The van der Waals surface area contributed by atoms with Gasteiger partial charge in [0.15, 0.2) is 5.78 Å². The van der Waals surface area contributed by atoms with Crippen LogP contribution in [0, 0.1) is 0 Å². The monoisotopic (exact) mass is 327 g/mol. The van der Waals surface area contributed by atoms with Crippen LogP contribution < -0.4 is 0 Å². The van der Waals surface area contributed by atoms with E-state index >= 15 is 0 Å². The third kappa shape index (κ3) is 6.30. The molecule has 2 aromatic rings. The summed E-state index contributed by atoms with van der Waals surface area (Å²) in [5.74, 6) is -0.0107. The standard InChI is InChI=1S/C19H21NO2S/c1-20(2)13-19(23-17-11-7-4-8-12-17)18(21)15-22-14-16-9-5-3-6-10-16/h3-13H,14-15H2,1-2H3/b19-13+. The molecule has 0 amide bonds. The number of hydrogen-bond acceptors (Lipinski definition) is 4. The number of benzene rings is 2. The van der Waals surface area contributed by atoms with Crippen LogP contribution >= 0.6 is 11.8 Å². The second-order valence-electron chi connectivity index (χ2n) is 5.27. The lowest BCUT2D eigenvalue weighted by atomic mass is 10.2. The van der Waals surface area contributed by atoms with E-state index in [1.165, 1.54) is 11.8 Å². The number of rotatable bonds is 8. The highest BCUT2D eigenvalue weighted by Crippen LogP contribution is 2.27. The van der Waals surface area contributed by atoms with Crippen LogP contribution in [-0.4, -0.2) is 31.4 Å². The molecule has 0 aromatic heterocycles. The number of hydrogen-bond donors (Lipinski definition) is 0. The molecule has 0 heterocycles. The normalized spacial score (nSPS) is 11.3. The van der Waals surface area contributed by atoms with E-state index in [-0.39, 0.29) is 12.4 Å². The predicted octanol–water partition coefficient (Wildman–Crippen LogP) is 3.97. The lowest BCUT2D eigenvalue weighted by molar-refractivity contribution is -0.119. The van der Waals surface area contributed by atoms with E-state index in [0.29, 0.717) is 11.5 Å². The van der Waals surface area contributed by atoms with Crippen molar-refractivity contribution in [1.82, 2.24) is 4.90 Å². The first-order valence-electron chi connectivity index (χ1n) is 7.41. The van der Waals surface area contributed by atoms with Crippen molar-refractivity contribution in [2.45, 2.75) is 11.5 Å². The Morgan fingerprint density at radius 1 is 1.04 bits per heavy atom. The Labute approximate surface area is 142 Å². The van der Waals surface area contributed by atoms with E-state index < -0.39 is 0 Å². The van der Waals surface area contributed by atoms with Crippen molar-refractivity contribution in [2.24, 2.45) is 0 Å². The molecule has 120 valence electrons. The van der Waals surface area contributed by atoms with E-state index in [0.717, 1.165) is 10.5 Å². The lowest BCUT2D eigenvalue weighted by Crippen LogP contribution is -2.13. The molecule has 0 radical (unpaired) electrons. The second-order valence-corrected chi connectivity index (χ2v) is 6.39. The van der Waals surface area contributed by atoms with Crippen molar-refractivity contribution >= 4 is 17.5 Å². The zero-order chi connectivity index (χ0) is 16.5. The van der Waals surface area contributed by atoms with E-state index in [1.807, 2.05) is 85.9 Å². The molecule has 4 heteroatoms. The Morgan fingerprint density at radius 3 is 2.26 bits per heavy atom. The molecule has 0 saturated carbocycles. The summed E-state index contributed by atoms with van der Waals surface area (Å²) in [6.07, 6.45) is 1.84. The van der Waals surface area contributed by atoms with Crippen molar-refractivity contribution in [3.05, 3.63) is 77.3 Å². The summed E-state index contributed by atoms with van der Waals surface area (Å²) >= 11 is 1.46. The van der Waals surface area contributed by atoms with Gasteiger partial charge in [0, 0.05) is 25.2 Å². The van der Waals surface area contributed by atoms with Gasteiger partial charge in [0.05, 0.1) is 11.5 Å². The number of ketones is 1. The SMILES string of the molecule is CN(C)/C=C(/Sc1ccccc1)C(=O)COCc1ccccc1. The van der Waals surface area contributed by atoms with Crippen LogP contribution in [-0.2, 0) is 16.1 Å². The summed E-state index contributed by atoms with van der Waals surface area (Å²) in [6.45, 7) is 0.520. The molecule has 0 aliphatic heterocycles. The molecule has 0 unspecified atom stereocenters. The van der Waals surface area contributed by atoms with E-state index in [9.17, 15) is 4.79 Å². The molecule has 0 aliphatic rings. The number of Topliss-reactive ketones (excluding diaryl/α,β-unsaturated/α-hetero) is 1. The largest absolute Gasteiger partial charge is 0.382 e. The van der Waals surface area contributed by atoms with Gasteiger partial charge in [-0.2, -0.15) is 0 Å². The molecular weight excluding hydrogens is 306 g/mol. The average Bonchev–Trinajstić information content (AvgIpc) is 2.56. The van der Waals surface area contributed by atoms with Gasteiger partial charge < -0.3 is 9.64 Å². The summed E-state index contributed by atoms with van der Waals surface area (Å²) in [4.78, 5) is 16.0. The Bertz CT molecular complexity index is 639. The fourth-order valence-electron chi connectivity index (χ4n) is 1.91. The minimum absolute atomic E-state index is 0.0107. The van der Waals surface area contributed by atoms with Gasteiger partial charge in [0.25, 0.3) is 0 Å². The van der Waals surface area contributed by atoms with E-state index in [4.69, 9.17) is 4.74 Å². The number of carbonyl (C=O) groups excluding carboxylic acids is 1. The summed E-state index contributed by atoms with van der Waals surface area (Å²) < 4.78 is 5.56. The van der Waals surface area contributed by atoms with Crippen LogP contribution in [0.5, 0.6) is 0 Å². The fourth-order valence-corrected chi connectivity index (χ4v) is 2.90. The topological polar surface area (TPSA) is 29.5 Å². The first-order chi connectivity index (χ1) is 11.1. The molecule has 2 rings (SSSR count). The van der Waals surface area contributed by atoms with Crippen molar-refractivity contribution in [2.75, 3.05) is 20.7 Å². The molecule has 3 nitrogen and oxygen atoms in total. The van der Waals surface area contributed by atoms with Gasteiger partial charge >= 0.3 is 0 Å². The first kappa shape index (κ1) is 17.3. The van der Waals surface area contributed by atoms with Crippen molar-refractivity contribution < 1.29 is 9.53 Å². The van der Waals surface area contributed by atoms with E-state index in [2.05, 4.69) is 0 Å². The minimum atomic E-state index is -0.0107. The molecule has 0 N–H and O–H groups in total. The van der Waals surface area contributed by atoms with Gasteiger partial charge in [-0.05, 0) is 17.7 Å². The molecule has 0 aliphatic carbocycles. The summed E-state index contributed by atoms with van der Waals surface area (Å²) in [5, 5.41) is 0. The van der Waals surface area contributed by atoms with Crippen LogP contribution in [0.3, 0.4) is 0 Å². The van der Waals surface area contributed by atoms with Crippen LogP contribution in [0.4, 0.5) is 0 Å². The third-order valence-electron chi connectivity index (χ3n) is 2.97. The maximum absolute atomic E-state index is 12.4. The molecule has 0 fully saturated rings. The molecule has 23 heavy (non-hydrogen) atoms. The Balaban J connectivity index is 1.94. The van der Waals surface area contributed by atoms with Crippen LogP contribution in [0.25, 0.3) is 0 Å². The summed E-state index contributed by atoms with van der Waals surface area (Å²) in [6, 6.07) is 19.7. The van der Waals surface area contributed by atoms with Crippen molar-refractivity contribution in [3.8, 4) is 0 Å².